The van der Waals surface area contributed by atoms with Gasteiger partial charge in [-0.15, -0.1) is 0 Å². The van der Waals surface area contributed by atoms with E-state index < -0.39 is 0 Å². The van der Waals surface area contributed by atoms with Crippen LogP contribution in [0.4, 0.5) is 0 Å². The Morgan fingerprint density at radius 1 is 1.75 bits per heavy atom. The van der Waals surface area contributed by atoms with Crippen LogP contribution in [0.2, 0.25) is 0 Å². The summed E-state index contributed by atoms with van der Waals surface area (Å²) in [5, 5.41) is 3.36. The maximum Gasteiger partial charge on any atom is 0.240 e. The topological polar surface area (TPSA) is 72.9 Å². The summed E-state index contributed by atoms with van der Waals surface area (Å²) < 4.78 is 1.89. The second-order valence-electron chi connectivity index (χ2n) is 4.35. The van der Waals surface area contributed by atoms with Gasteiger partial charge in [-0.25, -0.2) is 4.98 Å². The molecule has 1 fully saturated rings. The maximum atomic E-state index is 11.2. The summed E-state index contributed by atoms with van der Waals surface area (Å²) in [7, 11) is 0. The first-order valence-corrected chi connectivity index (χ1v) is 5.72. The van der Waals surface area contributed by atoms with E-state index in [4.69, 9.17) is 5.73 Å². The second kappa shape index (κ2) is 4.65. The maximum absolute atomic E-state index is 11.2. The highest BCUT2D eigenvalue weighted by atomic mass is 16.1. The second-order valence-corrected chi connectivity index (χ2v) is 4.35. The largest absolute Gasteiger partial charge is 0.368 e. The number of aromatic nitrogens is 2. The summed E-state index contributed by atoms with van der Waals surface area (Å²) in [5.41, 5.74) is 6.43. The fourth-order valence-electron chi connectivity index (χ4n) is 2.20. The average Bonchev–Trinajstić information content (AvgIpc) is 2.77. The number of nitrogens with one attached hydrogen (secondary N) is 1. The van der Waals surface area contributed by atoms with Crippen LogP contribution in [0.25, 0.3) is 0 Å². The number of primary amides is 1. The van der Waals surface area contributed by atoms with E-state index in [-0.39, 0.29) is 11.9 Å². The van der Waals surface area contributed by atoms with Crippen molar-refractivity contribution in [1.29, 1.82) is 0 Å². The van der Waals surface area contributed by atoms with Gasteiger partial charge in [-0.3, -0.25) is 4.79 Å². The van der Waals surface area contributed by atoms with E-state index in [1.54, 1.807) is 6.33 Å². The molecule has 0 aliphatic carbocycles. The van der Waals surface area contributed by atoms with E-state index in [0.29, 0.717) is 5.92 Å². The molecule has 1 aromatic heterocycles. The Hall–Kier alpha value is -1.36. The Kier molecular flexibility index (Phi) is 3.24. The highest BCUT2D eigenvalue weighted by molar-refractivity contribution is 5.78. The van der Waals surface area contributed by atoms with Crippen LogP contribution in [-0.4, -0.2) is 28.5 Å². The van der Waals surface area contributed by atoms with Crippen molar-refractivity contribution in [3.63, 3.8) is 0 Å². The fourth-order valence-corrected chi connectivity index (χ4v) is 2.20. The summed E-state index contributed by atoms with van der Waals surface area (Å²) >= 11 is 0. The monoisotopic (exact) mass is 222 g/mol. The minimum Gasteiger partial charge on any atom is -0.368 e. The van der Waals surface area contributed by atoms with Gasteiger partial charge in [0.2, 0.25) is 5.91 Å². The van der Waals surface area contributed by atoms with Gasteiger partial charge < -0.3 is 15.6 Å². The molecule has 5 nitrogen and oxygen atoms in total. The van der Waals surface area contributed by atoms with Gasteiger partial charge in [-0.2, -0.15) is 0 Å². The number of hydrogen-bond acceptors (Lipinski definition) is 3. The molecule has 2 rings (SSSR count). The van der Waals surface area contributed by atoms with Crippen molar-refractivity contribution in [2.75, 3.05) is 13.1 Å². The van der Waals surface area contributed by atoms with Crippen LogP contribution in [-0.2, 0) is 4.79 Å². The quantitative estimate of drug-likeness (QED) is 0.777. The molecule has 3 N–H and O–H groups in total. The number of imidazole rings is 1. The minimum atomic E-state index is -0.320. The normalized spacial score (nSPS) is 22.9. The molecular weight excluding hydrogens is 204 g/mol. The Balaban J connectivity index is 2.20. The summed E-state index contributed by atoms with van der Waals surface area (Å²) in [6.07, 6.45) is 5.85. The molecule has 0 bridgehead atoms. The number of rotatable bonds is 3. The molecular formula is C11H18N4O. The number of hydrogen-bond donors (Lipinski definition) is 2. The molecule has 0 aromatic carbocycles. The van der Waals surface area contributed by atoms with E-state index in [0.717, 1.165) is 25.2 Å². The molecule has 1 aliphatic heterocycles. The molecule has 1 amide bonds. The molecule has 0 spiro atoms. The zero-order chi connectivity index (χ0) is 11.5. The van der Waals surface area contributed by atoms with Crippen molar-refractivity contribution in [2.45, 2.75) is 31.7 Å². The van der Waals surface area contributed by atoms with Crippen LogP contribution in [0, 0.1) is 0 Å². The number of nitrogens with two attached hydrogens (primary N) is 1. The van der Waals surface area contributed by atoms with Gasteiger partial charge in [0.1, 0.15) is 6.04 Å². The zero-order valence-corrected chi connectivity index (χ0v) is 9.52. The van der Waals surface area contributed by atoms with Crippen LogP contribution in [0.3, 0.4) is 0 Å². The summed E-state index contributed by atoms with van der Waals surface area (Å²) in [4.78, 5) is 15.3. The van der Waals surface area contributed by atoms with Gasteiger partial charge in [-0.1, -0.05) is 0 Å². The smallest absolute Gasteiger partial charge is 0.240 e. The molecule has 1 saturated heterocycles. The van der Waals surface area contributed by atoms with Crippen molar-refractivity contribution in [3.8, 4) is 0 Å². The molecule has 5 heteroatoms. The van der Waals surface area contributed by atoms with Crippen molar-refractivity contribution in [1.82, 2.24) is 14.9 Å². The van der Waals surface area contributed by atoms with Gasteiger partial charge in [-0.05, 0) is 26.3 Å². The van der Waals surface area contributed by atoms with Gasteiger partial charge in [0.25, 0.3) is 0 Å². The van der Waals surface area contributed by atoms with Crippen LogP contribution < -0.4 is 11.1 Å². The average molecular weight is 222 g/mol. The van der Waals surface area contributed by atoms with E-state index in [1.165, 1.54) is 6.42 Å². The summed E-state index contributed by atoms with van der Waals surface area (Å²) in [6.45, 7) is 3.84. The Bertz CT molecular complexity index is 368. The lowest BCUT2D eigenvalue weighted by molar-refractivity contribution is -0.120. The van der Waals surface area contributed by atoms with Crippen LogP contribution in [0.1, 0.15) is 37.4 Å². The third-order valence-electron chi connectivity index (χ3n) is 3.24. The Morgan fingerprint density at radius 3 is 3.19 bits per heavy atom. The van der Waals surface area contributed by atoms with Crippen molar-refractivity contribution in [2.24, 2.45) is 5.73 Å². The first-order chi connectivity index (χ1) is 7.70. The molecule has 2 atom stereocenters. The van der Waals surface area contributed by atoms with Crippen molar-refractivity contribution < 1.29 is 4.79 Å². The standard InChI is InChI=1S/C11H18N4O/c1-8(11(12)16)15-7-14-6-10(15)9-3-2-4-13-5-9/h6-9,13H,2-5H2,1H3,(H2,12,16). The number of amides is 1. The van der Waals surface area contributed by atoms with E-state index in [2.05, 4.69) is 10.3 Å². The van der Waals surface area contributed by atoms with E-state index in [1.807, 2.05) is 17.7 Å². The SMILES string of the molecule is CC(C(N)=O)n1cncc1C1CCCNC1. The molecule has 0 saturated carbocycles. The first kappa shape index (κ1) is 11.1. The summed E-state index contributed by atoms with van der Waals surface area (Å²) in [5.74, 6) is 0.126. The number of nitrogens with zero attached hydrogens (tertiary/aromatic N) is 2. The van der Waals surface area contributed by atoms with Crippen molar-refractivity contribution >= 4 is 5.91 Å². The number of piperidine rings is 1. The van der Waals surface area contributed by atoms with Gasteiger partial charge >= 0.3 is 0 Å². The van der Waals surface area contributed by atoms with E-state index >= 15 is 0 Å². The van der Waals surface area contributed by atoms with Crippen LogP contribution in [0.15, 0.2) is 12.5 Å². The third kappa shape index (κ3) is 2.09. The summed E-state index contributed by atoms with van der Waals surface area (Å²) in [6, 6.07) is -0.320. The zero-order valence-electron chi connectivity index (χ0n) is 9.52. The predicted molar refractivity (Wildman–Crippen MR) is 61.0 cm³/mol. The highest BCUT2D eigenvalue weighted by Crippen LogP contribution is 2.24. The number of carbonyl (C=O) groups is 1. The molecule has 1 aromatic rings. The molecule has 2 unspecified atom stereocenters. The predicted octanol–water partition coefficient (Wildman–Crippen LogP) is 0.396. The molecule has 16 heavy (non-hydrogen) atoms. The van der Waals surface area contributed by atoms with Crippen molar-refractivity contribution in [3.05, 3.63) is 18.2 Å². The van der Waals surface area contributed by atoms with Crippen LogP contribution in [0.5, 0.6) is 0 Å². The molecule has 0 radical (unpaired) electrons. The fraction of sp³-hybridized carbons (Fsp3) is 0.636. The lowest BCUT2D eigenvalue weighted by Gasteiger charge is -2.25. The Morgan fingerprint density at radius 2 is 2.56 bits per heavy atom. The van der Waals surface area contributed by atoms with Gasteiger partial charge in [0.05, 0.1) is 6.33 Å². The van der Waals surface area contributed by atoms with E-state index in [9.17, 15) is 4.79 Å². The number of carbonyl (C=O) groups excluding carboxylic acids is 1. The lowest BCUT2D eigenvalue weighted by atomic mass is 9.96. The van der Waals surface area contributed by atoms with Gasteiger partial charge in [0, 0.05) is 24.4 Å². The van der Waals surface area contributed by atoms with Gasteiger partial charge in [0.15, 0.2) is 0 Å². The molecule has 1 aliphatic rings. The third-order valence-corrected chi connectivity index (χ3v) is 3.24. The minimum absolute atomic E-state index is 0.317. The first-order valence-electron chi connectivity index (χ1n) is 5.72. The highest BCUT2D eigenvalue weighted by Gasteiger charge is 2.22. The lowest BCUT2D eigenvalue weighted by Crippen LogP contribution is -2.31. The Labute approximate surface area is 95.0 Å². The molecule has 88 valence electrons. The van der Waals surface area contributed by atoms with Crippen LogP contribution >= 0.6 is 0 Å². The molecule has 2 heterocycles.